The Kier molecular flexibility index (Phi) is 4.04. The highest BCUT2D eigenvalue weighted by molar-refractivity contribution is 7.98. The van der Waals surface area contributed by atoms with E-state index in [-0.39, 0.29) is 5.82 Å². The van der Waals surface area contributed by atoms with Crippen LogP contribution in [0.25, 0.3) is 0 Å². The Balaban J connectivity index is 2.43. The summed E-state index contributed by atoms with van der Waals surface area (Å²) < 4.78 is 13.7. The van der Waals surface area contributed by atoms with E-state index in [0.717, 1.165) is 11.1 Å². The molecule has 0 saturated heterocycles. The highest BCUT2D eigenvalue weighted by atomic mass is 32.2. The number of aliphatic hydroxyl groups excluding tert-OH is 1. The van der Waals surface area contributed by atoms with E-state index < -0.39 is 6.10 Å². The molecule has 18 heavy (non-hydrogen) atoms. The fraction of sp³-hybridized carbons (Fsp3) is 0.200. The summed E-state index contributed by atoms with van der Waals surface area (Å²) in [5, 5.41) is 10.3. The lowest BCUT2D eigenvalue weighted by atomic mass is 10.00. The molecule has 1 unspecified atom stereocenters. The summed E-state index contributed by atoms with van der Waals surface area (Å²) >= 11 is 1.35. The third-order valence-electron chi connectivity index (χ3n) is 2.89. The van der Waals surface area contributed by atoms with Gasteiger partial charge in [0.15, 0.2) is 0 Å². The summed E-state index contributed by atoms with van der Waals surface area (Å²) in [4.78, 5) is 0.569. The lowest BCUT2D eigenvalue weighted by Crippen LogP contribution is -2.01. The van der Waals surface area contributed by atoms with Crippen LogP contribution in [0.2, 0.25) is 0 Å². The van der Waals surface area contributed by atoms with Crippen LogP contribution >= 0.6 is 11.8 Å². The van der Waals surface area contributed by atoms with Crippen molar-refractivity contribution < 1.29 is 9.50 Å². The second-order valence-electron chi connectivity index (χ2n) is 4.17. The molecule has 0 fully saturated rings. The third-order valence-corrected chi connectivity index (χ3v) is 3.63. The first-order valence-corrected chi connectivity index (χ1v) is 6.93. The number of rotatable bonds is 3. The van der Waals surface area contributed by atoms with Crippen LogP contribution in [0, 0.1) is 12.7 Å². The van der Waals surface area contributed by atoms with E-state index in [4.69, 9.17) is 0 Å². The molecule has 0 amide bonds. The molecular formula is C15H15FOS. The van der Waals surface area contributed by atoms with Gasteiger partial charge in [0.1, 0.15) is 11.9 Å². The van der Waals surface area contributed by atoms with Gasteiger partial charge in [-0.1, -0.05) is 36.4 Å². The van der Waals surface area contributed by atoms with Crippen molar-refractivity contribution >= 4 is 11.8 Å². The molecule has 0 saturated carbocycles. The van der Waals surface area contributed by atoms with Gasteiger partial charge in [-0.05, 0) is 35.9 Å². The lowest BCUT2D eigenvalue weighted by Gasteiger charge is -2.14. The van der Waals surface area contributed by atoms with E-state index in [1.165, 1.54) is 11.8 Å². The molecule has 3 heteroatoms. The molecule has 0 heterocycles. The van der Waals surface area contributed by atoms with E-state index in [1.807, 2.05) is 36.6 Å². The Bertz CT molecular complexity index is 540. The monoisotopic (exact) mass is 262 g/mol. The van der Waals surface area contributed by atoms with Crippen LogP contribution in [0.5, 0.6) is 0 Å². The first kappa shape index (κ1) is 13.1. The van der Waals surface area contributed by atoms with E-state index in [0.29, 0.717) is 10.5 Å². The smallest absolute Gasteiger partial charge is 0.139 e. The fourth-order valence-electron chi connectivity index (χ4n) is 1.90. The number of hydrogen-bond donors (Lipinski definition) is 1. The fourth-order valence-corrected chi connectivity index (χ4v) is 2.49. The molecule has 1 N–H and O–H groups in total. The highest BCUT2D eigenvalue weighted by Crippen LogP contribution is 2.29. The van der Waals surface area contributed by atoms with Crippen molar-refractivity contribution in [2.75, 3.05) is 6.26 Å². The average Bonchev–Trinajstić information content (AvgIpc) is 2.42. The van der Waals surface area contributed by atoms with E-state index >= 15 is 0 Å². The van der Waals surface area contributed by atoms with Crippen molar-refractivity contribution in [3.63, 3.8) is 0 Å². The van der Waals surface area contributed by atoms with Crippen LogP contribution < -0.4 is 0 Å². The summed E-state index contributed by atoms with van der Waals surface area (Å²) in [6, 6.07) is 12.8. The van der Waals surface area contributed by atoms with Gasteiger partial charge in [-0.2, -0.15) is 0 Å². The van der Waals surface area contributed by atoms with Gasteiger partial charge in [0, 0.05) is 4.90 Å². The molecule has 1 nitrogen and oxygen atoms in total. The number of thioether (sulfide) groups is 1. The molecule has 2 aromatic carbocycles. The van der Waals surface area contributed by atoms with E-state index in [1.54, 1.807) is 19.1 Å². The number of aryl methyl sites for hydroxylation is 1. The van der Waals surface area contributed by atoms with Gasteiger partial charge < -0.3 is 5.11 Å². The van der Waals surface area contributed by atoms with E-state index in [2.05, 4.69) is 0 Å². The quantitative estimate of drug-likeness (QED) is 0.845. The molecule has 0 aliphatic rings. The van der Waals surface area contributed by atoms with Gasteiger partial charge in [0.2, 0.25) is 0 Å². The number of benzene rings is 2. The SMILES string of the molecule is CSc1cc(C(O)c2ccccc2)cc(C)c1F. The largest absolute Gasteiger partial charge is 0.384 e. The van der Waals surface area contributed by atoms with Crippen LogP contribution in [-0.2, 0) is 0 Å². The minimum Gasteiger partial charge on any atom is -0.384 e. The van der Waals surface area contributed by atoms with Crippen LogP contribution in [-0.4, -0.2) is 11.4 Å². The zero-order chi connectivity index (χ0) is 13.1. The zero-order valence-electron chi connectivity index (χ0n) is 10.4. The summed E-state index contributed by atoms with van der Waals surface area (Å²) in [7, 11) is 0. The normalized spacial score (nSPS) is 12.4. The van der Waals surface area contributed by atoms with Crippen molar-refractivity contribution in [3.05, 3.63) is 65.0 Å². The van der Waals surface area contributed by atoms with Crippen molar-refractivity contribution in [3.8, 4) is 0 Å². The number of aliphatic hydroxyl groups is 1. The highest BCUT2D eigenvalue weighted by Gasteiger charge is 2.14. The van der Waals surface area contributed by atoms with Gasteiger partial charge >= 0.3 is 0 Å². The van der Waals surface area contributed by atoms with Gasteiger partial charge in [-0.25, -0.2) is 4.39 Å². The predicted molar refractivity (Wildman–Crippen MR) is 73.4 cm³/mol. The lowest BCUT2D eigenvalue weighted by molar-refractivity contribution is 0.220. The molecule has 0 aliphatic carbocycles. The molecule has 1 atom stereocenters. The zero-order valence-corrected chi connectivity index (χ0v) is 11.2. The van der Waals surface area contributed by atoms with Crippen molar-refractivity contribution in [2.24, 2.45) is 0 Å². The Hall–Kier alpha value is -1.32. The van der Waals surface area contributed by atoms with Crippen molar-refractivity contribution in [2.45, 2.75) is 17.9 Å². The summed E-state index contributed by atoms with van der Waals surface area (Å²) in [6.07, 6.45) is 1.12. The second-order valence-corrected chi connectivity index (χ2v) is 5.02. The third kappa shape index (κ3) is 2.57. The average molecular weight is 262 g/mol. The van der Waals surface area contributed by atoms with E-state index in [9.17, 15) is 9.50 Å². The Morgan fingerprint density at radius 3 is 2.39 bits per heavy atom. The van der Waals surface area contributed by atoms with Gasteiger partial charge in [0.05, 0.1) is 0 Å². The van der Waals surface area contributed by atoms with Crippen molar-refractivity contribution in [1.82, 2.24) is 0 Å². The minimum atomic E-state index is -0.712. The first-order chi connectivity index (χ1) is 8.63. The molecule has 0 spiro atoms. The molecule has 0 aromatic heterocycles. The standard InChI is InChI=1S/C15H15FOS/c1-10-8-12(9-13(18-2)14(10)16)15(17)11-6-4-3-5-7-11/h3-9,15,17H,1-2H3. The molecule has 0 radical (unpaired) electrons. The molecular weight excluding hydrogens is 247 g/mol. The minimum absolute atomic E-state index is 0.202. The Morgan fingerprint density at radius 1 is 1.11 bits per heavy atom. The molecule has 0 bridgehead atoms. The predicted octanol–water partition coefficient (Wildman–Crippen LogP) is 3.94. The van der Waals surface area contributed by atoms with Crippen LogP contribution in [0.3, 0.4) is 0 Å². The Labute approximate surface area is 111 Å². The first-order valence-electron chi connectivity index (χ1n) is 5.70. The summed E-state index contributed by atoms with van der Waals surface area (Å²) in [5.74, 6) is -0.202. The van der Waals surface area contributed by atoms with Crippen molar-refractivity contribution in [1.29, 1.82) is 0 Å². The molecule has 94 valence electrons. The summed E-state index contributed by atoms with van der Waals surface area (Å²) in [6.45, 7) is 1.72. The van der Waals surface area contributed by atoms with Crippen LogP contribution in [0.4, 0.5) is 4.39 Å². The maximum Gasteiger partial charge on any atom is 0.139 e. The molecule has 0 aliphatic heterocycles. The maximum absolute atomic E-state index is 13.7. The molecule has 2 rings (SSSR count). The Morgan fingerprint density at radius 2 is 1.78 bits per heavy atom. The van der Waals surface area contributed by atoms with Crippen LogP contribution in [0.15, 0.2) is 47.4 Å². The van der Waals surface area contributed by atoms with Gasteiger partial charge in [0.25, 0.3) is 0 Å². The maximum atomic E-state index is 13.7. The molecule has 2 aromatic rings. The second kappa shape index (κ2) is 5.55. The van der Waals surface area contributed by atoms with Gasteiger partial charge in [-0.15, -0.1) is 11.8 Å². The van der Waals surface area contributed by atoms with Gasteiger partial charge in [-0.3, -0.25) is 0 Å². The van der Waals surface area contributed by atoms with Crippen LogP contribution in [0.1, 0.15) is 22.8 Å². The number of halogens is 1. The topological polar surface area (TPSA) is 20.2 Å². The number of hydrogen-bond acceptors (Lipinski definition) is 2. The summed E-state index contributed by atoms with van der Waals surface area (Å²) in [5.41, 5.74) is 2.10.